The summed E-state index contributed by atoms with van der Waals surface area (Å²) in [6.45, 7) is 2.85. The van der Waals surface area contributed by atoms with E-state index in [-0.39, 0.29) is 0 Å². The molecule has 1 saturated heterocycles. The summed E-state index contributed by atoms with van der Waals surface area (Å²) in [6, 6.07) is 6.34. The van der Waals surface area contributed by atoms with Crippen molar-refractivity contribution in [1.29, 1.82) is 0 Å². The molecule has 1 N–H and O–H groups in total. The van der Waals surface area contributed by atoms with Gasteiger partial charge >= 0.3 is 0 Å². The number of benzene rings is 1. The van der Waals surface area contributed by atoms with Crippen molar-refractivity contribution in [2.24, 2.45) is 0 Å². The number of nitrogens with zero attached hydrogens (tertiary/aromatic N) is 1. The van der Waals surface area contributed by atoms with E-state index in [0.29, 0.717) is 12.3 Å². The van der Waals surface area contributed by atoms with E-state index in [4.69, 9.17) is 0 Å². The number of hydrogen-bond donors (Lipinski definition) is 1. The highest BCUT2D eigenvalue weighted by Gasteiger charge is 2.23. The number of nitrogens with one attached hydrogen (secondary N) is 1. The maximum atomic E-state index is 12.0. The first-order valence-corrected chi connectivity index (χ1v) is 6.48. The SMILES string of the molecule is O=C1CCCCN1c1cccc2c1CCNC2. The number of anilines is 1. The lowest BCUT2D eigenvalue weighted by molar-refractivity contribution is -0.119. The second-order valence-electron chi connectivity index (χ2n) is 4.84. The second kappa shape index (κ2) is 4.49. The molecular formula is C14H18N2O. The van der Waals surface area contributed by atoms with Crippen LogP contribution in [0.1, 0.15) is 30.4 Å². The summed E-state index contributed by atoms with van der Waals surface area (Å²) in [4.78, 5) is 14.0. The molecule has 1 aromatic rings. The topological polar surface area (TPSA) is 32.3 Å². The van der Waals surface area contributed by atoms with Gasteiger partial charge in [0.05, 0.1) is 0 Å². The Kier molecular flexibility index (Phi) is 2.85. The van der Waals surface area contributed by atoms with Gasteiger partial charge in [-0.05, 0) is 43.0 Å². The summed E-state index contributed by atoms with van der Waals surface area (Å²) in [6.07, 6.45) is 3.93. The Labute approximate surface area is 102 Å². The Morgan fingerprint density at radius 1 is 1.18 bits per heavy atom. The smallest absolute Gasteiger partial charge is 0.226 e. The lowest BCUT2D eigenvalue weighted by atomic mass is 9.97. The fourth-order valence-corrected chi connectivity index (χ4v) is 2.83. The number of hydrogen-bond acceptors (Lipinski definition) is 2. The van der Waals surface area contributed by atoms with E-state index in [0.717, 1.165) is 44.6 Å². The van der Waals surface area contributed by atoms with E-state index in [1.165, 1.54) is 11.1 Å². The largest absolute Gasteiger partial charge is 0.312 e. The zero-order valence-electron chi connectivity index (χ0n) is 10.0. The van der Waals surface area contributed by atoms with Crippen LogP contribution in [0.25, 0.3) is 0 Å². The summed E-state index contributed by atoms with van der Waals surface area (Å²) in [7, 11) is 0. The van der Waals surface area contributed by atoms with Gasteiger partial charge in [-0.3, -0.25) is 4.79 Å². The number of carbonyl (C=O) groups is 1. The number of fused-ring (bicyclic) bond motifs is 1. The van der Waals surface area contributed by atoms with Gasteiger partial charge in [0.15, 0.2) is 0 Å². The Morgan fingerprint density at radius 2 is 2.12 bits per heavy atom. The number of carbonyl (C=O) groups excluding carboxylic acids is 1. The zero-order chi connectivity index (χ0) is 11.7. The molecule has 90 valence electrons. The standard InChI is InChI=1S/C14H18N2O/c17-14-6-1-2-9-16(14)13-5-3-4-11-10-15-8-7-12(11)13/h3-5,15H,1-2,6-10H2. The summed E-state index contributed by atoms with van der Waals surface area (Å²) >= 11 is 0. The van der Waals surface area contributed by atoms with Crippen LogP contribution in [0.3, 0.4) is 0 Å². The average Bonchev–Trinajstić information content (AvgIpc) is 2.39. The highest BCUT2D eigenvalue weighted by atomic mass is 16.2. The first kappa shape index (κ1) is 10.8. The van der Waals surface area contributed by atoms with E-state index in [1.54, 1.807) is 0 Å². The van der Waals surface area contributed by atoms with Gasteiger partial charge in [-0.25, -0.2) is 0 Å². The van der Waals surface area contributed by atoms with E-state index < -0.39 is 0 Å². The molecule has 2 heterocycles. The van der Waals surface area contributed by atoms with Gasteiger partial charge in [0.1, 0.15) is 0 Å². The van der Waals surface area contributed by atoms with Crippen LogP contribution >= 0.6 is 0 Å². The molecule has 1 fully saturated rings. The van der Waals surface area contributed by atoms with Gasteiger partial charge in [-0.15, -0.1) is 0 Å². The molecule has 0 atom stereocenters. The average molecular weight is 230 g/mol. The zero-order valence-corrected chi connectivity index (χ0v) is 10.0. The highest BCUT2D eigenvalue weighted by molar-refractivity contribution is 5.95. The monoisotopic (exact) mass is 230 g/mol. The van der Waals surface area contributed by atoms with E-state index in [2.05, 4.69) is 23.5 Å². The lowest BCUT2D eigenvalue weighted by Crippen LogP contribution is -2.37. The van der Waals surface area contributed by atoms with Crippen LogP contribution in [-0.2, 0) is 17.8 Å². The molecule has 3 nitrogen and oxygen atoms in total. The van der Waals surface area contributed by atoms with Crippen LogP contribution in [0.5, 0.6) is 0 Å². The Balaban J connectivity index is 1.99. The van der Waals surface area contributed by atoms with Crippen molar-refractivity contribution >= 4 is 11.6 Å². The number of amides is 1. The molecule has 0 bridgehead atoms. The van der Waals surface area contributed by atoms with Crippen molar-refractivity contribution in [1.82, 2.24) is 5.32 Å². The predicted octanol–water partition coefficient (Wildman–Crippen LogP) is 1.85. The van der Waals surface area contributed by atoms with Crippen molar-refractivity contribution in [3.05, 3.63) is 29.3 Å². The highest BCUT2D eigenvalue weighted by Crippen LogP contribution is 2.29. The minimum Gasteiger partial charge on any atom is -0.312 e. The van der Waals surface area contributed by atoms with Crippen molar-refractivity contribution in [3.63, 3.8) is 0 Å². The van der Waals surface area contributed by atoms with Crippen LogP contribution in [0.2, 0.25) is 0 Å². The van der Waals surface area contributed by atoms with Gasteiger partial charge in [0, 0.05) is 25.2 Å². The fraction of sp³-hybridized carbons (Fsp3) is 0.500. The molecule has 0 aliphatic carbocycles. The van der Waals surface area contributed by atoms with Gasteiger partial charge in [0.2, 0.25) is 5.91 Å². The fourth-order valence-electron chi connectivity index (χ4n) is 2.83. The minimum absolute atomic E-state index is 0.295. The number of rotatable bonds is 1. The Morgan fingerprint density at radius 3 is 3.00 bits per heavy atom. The summed E-state index contributed by atoms with van der Waals surface area (Å²) < 4.78 is 0. The third-order valence-corrected chi connectivity index (χ3v) is 3.73. The second-order valence-corrected chi connectivity index (χ2v) is 4.84. The Bertz CT molecular complexity index is 442. The van der Waals surface area contributed by atoms with E-state index >= 15 is 0 Å². The van der Waals surface area contributed by atoms with Gasteiger partial charge in [0.25, 0.3) is 0 Å². The van der Waals surface area contributed by atoms with Gasteiger partial charge in [-0.2, -0.15) is 0 Å². The summed E-state index contributed by atoms with van der Waals surface area (Å²) in [5.41, 5.74) is 3.89. The molecule has 0 unspecified atom stereocenters. The predicted molar refractivity (Wildman–Crippen MR) is 68.1 cm³/mol. The molecule has 0 spiro atoms. The molecule has 1 amide bonds. The van der Waals surface area contributed by atoms with E-state index in [1.807, 2.05) is 4.90 Å². The van der Waals surface area contributed by atoms with Crippen LogP contribution in [0.4, 0.5) is 5.69 Å². The molecular weight excluding hydrogens is 212 g/mol. The summed E-state index contributed by atoms with van der Waals surface area (Å²) in [5, 5.41) is 3.38. The normalized spacial score (nSPS) is 20.2. The molecule has 3 rings (SSSR count). The van der Waals surface area contributed by atoms with Gasteiger partial charge < -0.3 is 10.2 Å². The maximum absolute atomic E-state index is 12.0. The van der Waals surface area contributed by atoms with Crippen LogP contribution in [0, 0.1) is 0 Å². The maximum Gasteiger partial charge on any atom is 0.226 e. The molecule has 0 aromatic heterocycles. The molecule has 17 heavy (non-hydrogen) atoms. The summed E-state index contributed by atoms with van der Waals surface area (Å²) in [5.74, 6) is 0.295. The third kappa shape index (κ3) is 1.95. The molecule has 2 aliphatic rings. The Hall–Kier alpha value is -1.35. The van der Waals surface area contributed by atoms with Crippen LogP contribution in [0.15, 0.2) is 18.2 Å². The van der Waals surface area contributed by atoms with Crippen LogP contribution < -0.4 is 10.2 Å². The molecule has 0 radical (unpaired) electrons. The molecule has 1 aromatic carbocycles. The first-order chi connectivity index (χ1) is 8.36. The third-order valence-electron chi connectivity index (χ3n) is 3.73. The van der Waals surface area contributed by atoms with Crippen molar-refractivity contribution < 1.29 is 4.79 Å². The quantitative estimate of drug-likeness (QED) is 0.798. The first-order valence-electron chi connectivity index (χ1n) is 6.48. The number of piperidine rings is 1. The van der Waals surface area contributed by atoms with E-state index in [9.17, 15) is 4.79 Å². The van der Waals surface area contributed by atoms with Crippen molar-refractivity contribution in [3.8, 4) is 0 Å². The minimum atomic E-state index is 0.295. The van der Waals surface area contributed by atoms with Crippen molar-refractivity contribution in [2.45, 2.75) is 32.2 Å². The molecule has 2 aliphatic heterocycles. The van der Waals surface area contributed by atoms with Crippen molar-refractivity contribution in [2.75, 3.05) is 18.0 Å². The van der Waals surface area contributed by atoms with Crippen LogP contribution in [-0.4, -0.2) is 19.0 Å². The molecule has 0 saturated carbocycles. The lowest BCUT2D eigenvalue weighted by Gasteiger charge is -2.31. The van der Waals surface area contributed by atoms with Gasteiger partial charge in [-0.1, -0.05) is 12.1 Å². The molecule has 3 heteroatoms.